The first-order valence-corrected chi connectivity index (χ1v) is 9.62. The summed E-state index contributed by atoms with van der Waals surface area (Å²) in [6.07, 6.45) is -0.403. The minimum Gasteiger partial charge on any atom is -0.410 e. The number of nitrogens with zero attached hydrogens (tertiary/aromatic N) is 2. The summed E-state index contributed by atoms with van der Waals surface area (Å²) < 4.78 is 5.36. The SMILES string of the molecule is Cc1ccccc1/C(NCc1cccc(OC(=O)N(C)C)c1)=C1\CN(C)CC1=N. The number of hydrogen-bond donors (Lipinski definition) is 2. The number of rotatable bonds is 5. The molecule has 1 aliphatic heterocycles. The number of likely N-dealkylation sites (N-methyl/N-ethyl adjacent to an activating group) is 1. The van der Waals surface area contributed by atoms with Gasteiger partial charge in [0, 0.05) is 50.6 Å². The monoisotopic (exact) mass is 392 g/mol. The van der Waals surface area contributed by atoms with E-state index in [0.29, 0.717) is 24.6 Å². The smallest absolute Gasteiger partial charge is 0.410 e. The average molecular weight is 393 g/mol. The predicted octanol–water partition coefficient (Wildman–Crippen LogP) is 3.52. The third-order valence-corrected chi connectivity index (χ3v) is 4.87. The van der Waals surface area contributed by atoms with Crippen molar-refractivity contribution in [1.82, 2.24) is 15.1 Å². The zero-order valence-corrected chi connectivity index (χ0v) is 17.5. The molecule has 2 N–H and O–H groups in total. The van der Waals surface area contributed by atoms with Crippen LogP contribution in [0, 0.1) is 12.3 Å². The molecule has 2 aromatic carbocycles. The first-order chi connectivity index (χ1) is 13.8. The van der Waals surface area contributed by atoms with Crippen LogP contribution in [0.5, 0.6) is 5.75 Å². The van der Waals surface area contributed by atoms with E-state index in [4.69, 9.17) is 10.1 Å². The molecule has 1 saturated heterocycles. The number of carbonyl (C=O) groups is 1. The third kappa shape index (κ3) is 5.03. The van der Waals surface area contributed by atoms with Gasteiger partial charge in [-0.1, -0.05) is 36.4 Å². The number of nitrogens with one attached hydrogen (secondary N) is 2. The molecule has 2 aromatic rings. The quantitative estimate of drug-likeness (QED) is 0.817. The Morgan fingerprint density at radius 1 is 1.17 bits per heavy atom. The maximum absolute atomic E-state index is 11.8. The lowest BCUT2D eigenvalue weighted by Crippen LogP contribution is -2.25. The fourth-order valence-corrected chi connectivity index (χ4v) is 3.34. The summed E-state index contributed by atoms with van der Waals surface area (Å²) in [5.74, 6) is 0.515. The lowest BCUT2D eigenvalue weighted by molar-refractivity contribution is 0.172. The molecule has 6 nitrogen and oxygen atoms in total. The van der Waals surface area contributed by atoms with E-state index in [1.54, 1.807) is 20.2 Å². The van der Waals surface area contributed by atoms with Gasteiger partial charge in [0.05, 0.1) is 5.71 Å². The van der Waals surface area contributed by atoms with Crippen molar-refractivity contribution in [2.75, 3.05) is 34.2 Å². The van der Waals surface area contributed by atoms with Crippen molar-refractivity contribution < 1.29 is 9.53 Å². The number of amides is 1. The largest absolute Gasteiger partial charge is 0.414 e. The minimum absolute atomic E-state index is 0.403. The third-order valence-electron chi connectivity index (χ3n) is 4.87. The van der Waals surface area contributed by atoms with Crippen LogP contribution in [0.25, 0.3) is 5.70 Å². The molecule has 0 aromatic heterocycles. The Morgan fingerprint density at radius 2 is 1.93 bits per heavy atom. The first-order valence-electron chi connectivity index (χ1n) is 9.62. The van der Waals surface area contributed by atoms with Crippen LogP contribution < -0.4 is 10.1 Å². The summed E-state index contributed by atoms with van der Waals surface area (Å²) in [4.78, 5) is 15.3. The van der Waals surface area contributed by atoms with Crippen molar-refractivity contribution in [3.63, 3.8) is 0 Å². The van der Waals surface area contributed by atoms with Crippen LogP contribution in [-0.2, 0) is 6.54 Å². The van der Waals surface area contributed by atoms with E-state index < -0.39 is 6.09 Å². The molecule has 3 rings (SSSR count). The highest BCUT2D eigenvalue weighted by Crippen LogP contribution is 2.25. The van der Waals surface area contributed by atoms with E-state index in [2.05, 4.69) is 29.3 Å². The van der Waals surface area contributed by atoms with Gasteiger partial charge in [-0.2, -0.15) is 0 Å². The van der Waals surface area contributed by atoms with Crippen molar-refractivity contribution in [1.29, 1.82) is 5.41 Å². The molecule has 0 saturated carbocycles. The number of ether oxygens (including phenoxy) is 1. The van der Waals surface area contributed by atoms with Crippen LogP contribution in [0.2, 0.25) is 0 Å². The van der Waals surface area contributed by atoms with Gasteiger partial charge < -0.3 is 20.4 Å². The summed E-state index contributed by atoms with van der Waals surface area (Å²) in [5, 5.41) is 12.0. The summed E-state index contributed by atoms with van der Waals surface area (Å²) in [6, 6.07) is 15.7. The van der Waals surface area contributed by atoms with Gasteiger partial charge in [0.25, 0.3) is 0 Å². The van der Waals surface area contributed by atoms with Gasteiger partial charge in [-0.05, 0) is 37.2 Å². The number of hydrogen-bond acceptors (Lipinski definition) is 5. The molecule has 0 unspecified atom stereocenters. The number of benzene rings is 2. The van der Waals surface area contributed by atoms with Crippen LogP contribution in [0.1, 0.15) is 16.7 Å². The van der Waals surface area contributed by atoms with Crippen molar-refractivity contribution >= 4 is 17.5 Å². The molecule has 0 atom stereocenters. The van der Waals surface area contributed by atoms with Crippen molar-refractivity contribution in [3.8, 4) is 5.75 Å². The highest BCUT2D eigenvalue weighted by Gasteiger charge is 2.23. The number of aryl methyl sites for hydroxylation is 1. The average Bonchev–Trinajstić information content (AvgIpc) is 3.01. The minimum atomic E-state index is -0.403. The molecule has 0 spiro atoms. The van der Waals surface area contributed by atoms with Crippen molar-refractivity contribution in [2.45, 2.75) is 13.5 Å². The van der Waals surface area contributed by atoms with Crippen molar-refractivity contribution in [2.24, 2.45) is 0 Å². The molecular weight excluding hydrogens is 364 g/mol. The molecule has 29 heavy (non-hydrogen) atoms. The number of likely N-dealkylation sites (tertiary alicyclic amines) is 1. The lowest BCUT2D eigenvalue weighted by Gasteiger charge is -2.18. The van der Waals surface area contributed by atoms with Gasteiger partial charge in [-0.25, -0.2) is 4.79 Å². The van der Waals surface area contributed by atoms with E-state index >= 15 is 0 Å². The Hall–Kier alpha value is -3.12. The molecule has 0 aliphatic carbocycles. The summed E-state index contributed by atoms with van der Waals surface area (Å²) in [6.45, 7) is 4.05. The normalized spacial score (nSPS) is 15.9. The molecule has 152 valence electrons. The second-order valence-electron chi connectivity index (χ2n) is 7.58. The van der Waals surface area contributed by atoms with Gasteiger partial charge in [0.2, 0.25) is 0 Å². The van der Waals surface area contributed by atoms with Crippen LogP contribution in [0.3, 0.4) is 0 Å². The summed E-state index contributed by atoms with van der Waals surface area (Å²) >= 11 is 0. The van der Waals surface area contributed by atoms with Crippen LogP contribution in [0.4, 0.5) is 4.79 Å². The van der Waals surface area contributed by atoms with Crippen LogP contribution in [-0.4, -0.2) is 55.8 Å². The Balaban J connectivity index is 1.85. The van der Waals surface area contributed by atoms with Gasteiger partial charge in [0.15, 0.2) is 0 Å². The molecule has 1 aliphatic rings. The van der Waals surface area contributed by atoms with Crippen LogP contribution in [0.15, 0.2) is 54.1 Å². The molecule has 1 fully saturated rings. The predicted molar refractivity (Wildman–Crippen MR) is 116 cm³/mol. The molecule has 6 heteroatoms. The molecule has 1 amide bonds. The Labute approximate surface area is 172 Å². The van der Waals surface area contributed by atoms with Gasteiger partial charge in [0.1, 0.15) is 5.75 Å². The Morgan fingerprint density at radius 3 is 2.59 bits per heavy atom. The van der Waals surface area contributed by atoms with E-state index in [1.807, 2.05) is 37.4 Å². The summed E-state index contributed by atoms with van der Waals surface area (Å²) in [5.41, 5.74) is 5.94. The topological polar surface area (TPSA) is 68.7 Å². The van der Waals surface area contributed by atoms with E-state index in [-0.39, 0.29) is 0 Å². The zero-order valence-electron chi connectivity index (χ0n) is 17.5. The zero-order chi connectivity index (χ0) is 21.0. The molecule has 1 heterocycles. The van der Waals surface area contributed by atoms with E-state index in [1.165, 1.54) is 10.5 Å². The standard InChI is InChI=1S/C23H28N4O2/c1-16-8-5-6-11-19(16)22(20-14-27(4)15-21(20)24)25-13-17-9-7-10-18(12-17)29-23(28)26(2)3/h5-12,24-25H,13-15H2,1-4H3/b22-20-,24-21?. The second kappa shape index (κ2) is 8.92. The highest BCUT2D eigenvalue weighted by atomic mass is 16.6. The maximum atomic E-state index is 11.8. The van der Waals surface area contributed by atoms with Crippen molar-refractivity contribution in [3.05, 3.63) is 70.8 Å². The fourth-order valence-electron chi connectivity index (χ4n) is 3.34. The van der Waals surface area contributed by atoms with Gasteiger partial charge in [-0.3, -0.25) is 4.90 Å². The molecule has 0 radical (unpaired) electrons. The van der Waals surface area contributed by atoms with E-state index in [0.717, 1.165) is 28.9 Å². The Kier molecular flexibility index (Phi) is 6.34. The van der Waals surface area contributed by atoms with Gasteiger partial charge >= 0.3 is 6.09 Å². The molecular formula is C23H28N4O2. The van der Waals surface area contributed by atoms with E-state index in [9.17, 15) is 4.79 Å². The highest BCUT2D eigenvalue weighted by molar-refractivity contribution is 6.07. The second-order valence-corrected chi connectivity index (χ2v) is 7.58. The fraction of sp³-hybridized carbons (Fsp3) is 0.304. The summed E-state index contributed by atoms with van der Waals surface area (Å²) in [7, 11) is 5.34. The molecule has 0 bridgehead atoms. The van der Waals surface area contributed by atoms with Gasteiger partial charge in [-0.15, -0.1) is 0 Å². The lowest BCUT2D eigenvalue weighted by atomic mass is 10.00. The number of carbonyl (C=O) groups excluding carboxylic acids is 1. The first kappa shape index (κ1) is 20.6. The maximum Gasteiger partial charge on any atom is 0.414 e. The Bertz CT molecular complexity index is 949. The van der Waals surface area contributed by atoms with Crippen LogP contribution >= 0.6 is 0 Å².